The SMILES string of the molecule is CCc1cc([C@@H]2CCCN2C(=O)c2cc(-c3ccccc3)no2)on1. The van der Waals surface area contributed by atoms with Gasteiger partial charge in [-0.05, 0) is 19.3 Å². The van der Waals surface area contributed by atoms with Crippen molar-refractivity contribution in [2.75, 3.05) is 6.54 Å². The summed E-state index contributed by atoms with van der Waals surface area (Å²) >= 11 is 0. The molecule has 0 aliphatic carbocycles. The summed E-state index contributed by atoms with van der Waals surface area (Å²) in [7, 11) is 0. The third-order valence-corrected chi connectivity index (χ3v) is 4.57. The third kappa shape index (κ3) is 2.95. The smallest absolute Gasteiger partial charge is 0.293 e. The Hall–Kier alpha value is -2.89. The number of aryl methyl sites for hydroxylation is 1. The number of carbonyl (C=O) groups is 1. The largest absolute Gasteiger partial charge is 0.359 e. The highest BCUT2D eigenvalue weighted by Gasteiger charge is 2.35. The normalized spacial score (nSPS) is 17.2. The summed E-state index contributed by atoms with van der Waals surface area (Å²) in [4.78, 5) is 14.7. The number of hydrogen-bond donors (Lipinski definition) is 0. The van der Waals surface area contributed by atoms with Gasteiger partial charge in [-0.3, -0.25) is 4.79 Å². The number of amides is 1. The molecule has 1 fully saturated rings. The van der Waals surface area contributed by atoms with Crippen LogP contribution in [0.1, 0.15) is 47.8 Å². The fourth-order valence-corrected chi connectivity index (χ4v) is 3.22. The number of hydrogen-bond acceptors (Lipinski definition) is 5. The number of aromatic nitrogens is 2. The first-order chi connectivity index (χ1) is 12.3. The molecule has 3 aromatic rings. The molecule has 1 saturated heterocycles. The van der Waals surface area contributed by atoms with Crippen molar-refractivity contribution in [2.45, 2.75) is 32.2 Å². The van der Waals surface area contributed by atoms with E-state index >= 15 is 0 Å². The summed E-state index contributed by atoms with van der Waals surface area (Å²) in [5.41, 5.74) is 2.49. The number of rotatable bonds is 4. The average molecular weight is 337 g/mol. The van der Waals surface area contributed by atoms with Crippen LogP contribution in [0.25, 0.3) is 11.3 Å². The molecule has 1 atom stereocenters. The van der Waals surface area contributed by atoms with Crippen LogP contribution in [0, 0.1) is 0 Å². The van der Waals surface area contributed by atoms with E-state index in [4.69, 9.17) is 9.05 Å². The Labute approximate surface area is 145 Å². The highest BCUT2D eigenvalue weighted by atomic mass is 16.5. The fourth-order valence-electron chi connectivity index (χ4n) is 3.22. The van der Waals surface area contributed by atoms with Crippen LogP contribution in [-0.2, 0) is 6.42 Å². The number of benzene rings is 1. The van der Waals surface area contributed by atoms with Crippen molar-refractivity contribution >= 4 is 5.91 Å². The van der Waals surface area contributed by atoms with Crippen molar-refractivity contribution in [2.24, 2.45) is 0 Å². The van der Waals surface area contributed by atoms with Gasteiger partial charge in [0, 0.05) is 24.2 Å². The standard InChI is InChI=1S/C19H19N3O3/c1-2-14-11-17(24-20-14)16-9-6-10-22(16)19(23)18-12-15(21-25-18)13-7-4-3-5-8-13/h3-5,7-8,11-12,16H,2,6,9-10H2,1H3/t16-/m0/s1. The summed E-state index contributed by atoms with van der Waals surface area (Å²) in [5, 5.41) is 8.08. The van der Waals surface area contributed by atoms with E-state index in [1.165, 1.54) is 0 Å². The highest BCUT2D eigenvalue weighted by Crippen LogP contribution is 2.34. The van der Waals surface area contributed by atoms with Gasteiger partial charge in [-0.15, -0.1) is 0 Å². The van der Waals surface area contributed by atoms with Crippen molar-refractivity contribution in [3.63, 3.8) is 0 Å². The molecule has 25 heavy (non-hydrogen) atoms. The lowest BCUT2D eigenvalue weighted by Gasteiger charge is -2.20. The topological polar surface area (TPSA) is 72.4 Å². The van der Waals surface area contributed by atoms with E-state index in [2.05, 4.69) is 10.3 Å². The lowest BCUT2D eigenvalue weighted by Crippen LogP contribution is -2.30. The van der Waals surface area contributed by atoms with Gasteiger partial charge < -0.3 is 13.9 Å². The van der Waals surface area contributed by atoms with Gasteiger partial charge in [0.1, 0.15) is 5.69 Å². The van der Waals surface area contributed by atoms with Crippen molar-refractivity contribution in [1.29, 1.82) is 0 Å². The summed E-state index contributed by atoms with van der Waals surface area (Å²) in [6.07, 6.45) is 2.61. The van der Waals surface area contributed by atoms with E-state index in [0.29, 0.717) is 12.2 Å². The van der Waals surface area contributed by atoms with Crippen LogP contribution in [0.4, 0.5) is 0 Å². The molecule has 1 aromatic carbocycles. The van der Waals surface area contributed by atoms with Gasteiger partial charge >= 0.3 is 0 Å². The minimum absolute atomic E-state index is 0.0921. The Morgan fingerprint density at radius 3 is 2.80 bits per heavy atom. The maximum atomic E-state index is 12.9. The van der Waals surface area contributed by atoms with E-state index in [0.717, 1.165) is 36.3 Å². The van der Waals surface area contributed by atoms with Crippen molar-refractivity contribution in [3.05, 3.63) is 59.7 Å². The van der Waals surface area contributed by atoms with E-state index in [9.17, 15) is 4.79 Å². The predicted octanol–water partition coefficient (Wildman–Crippen LogP) is 3.87. The second-order valence-electron chi connectivity index (χ2n) is 6.17. The summed E-state index contributed by atoms with van der Waals surface area (Å²) in [5.74, 6) is 0.832. The van der Waals surface area contributed by atoms with Gasteiger partial charge in [0.15, 0.2) is 5.76 Å². The molecule has 1 aliphatic heterocycles. The van der Waals surface area contributed by atoms with E-state index in [1.54, 1.807) is 11.0 Å². The Kier molecular flexibility index (Phi) is 4.09. The van der Waals surface area contributed by atoms with Crippen LogP contribution in [0.3, 0.4) is 0 Å². The van der Waals surface area contributed by atoms with Crippen molar-refractivity contribution in [3.8, 4) is 11.3 Å². The maximum Gasteiger partial charge on any atom is 0.293 e. The van der Waals surface area contributed by atoms with Crippen LogP contribution >= 0.6 is 0 Å². The zero-order valence-electron chi connectivity index (χ0n) is 14.0. The Bertz CT molecular complexity index is 869. The van der Waals surface area contributed by atoms with E-state index in [-0.39, 0.29) is 17.7 Å². The van der Waals surface area contributed by atoms with Gasteiger partial charge in [-0.1, -0.05) is 47.6 Å². The molecule has 0 radical (unpaired) electrons. The molecule has 2 aromatic heterocycles. The highest BCUT2D eigenvalue weighted by molar-refractivity contribution is 5.92. The first-order valence-corrected chi connectivity index (χ1v) is 8.55. The molecule has 0 bridgehead atoms. The summed E-state index contributed by atoms with van der Waals surface area (Å²) < 4.78 is 10.8. The second kappa shape index (κ2) is 6.55. The molecule has 128 valence electrons. The molecular formula is C19H19N3O3. The number of likely N-dealkylation sites (tertiary alicyclic amines) is 1. The van der Waals surface area contributed by atoms with Gasteiger partial charge in [0.05, 0.1) is 11.7 Å². The van der Waals surface area contributed by atoms with Gasteiger partial charge in [0.25, 0.3) is 5.91 Å². The quantitative estimate of drug-likeness (QED) is 0.722. The minimum atomic E-state index is -0.161. The Balaban J connectivity index is 1.57. The molecule has 0 N–H and O–H groups in total. The molecule has 1 aliphatic rings. The molecule has 0 spiro atoms. The number of nitrogens with zero attached hydrogens (tertiary/aromatic N) is 3. The Morgan fingerprint density at radius 2 is 2.04 bits per heavy atom. The predicted molar refractivity (Wildman–Crippen MR) is 90.8 cm³/mol. The summed E-state index contributed by atoms with van der Waals surface area (Å²) in [6.45, 7) is 2.70. The summed E-state index contributed by atoms with van der Waals surface area (Å²) in [6, 6.07) is 13.2. The maximum absolute atomic E-state index is 12.9. The zero-order chi connectivity index (χ0) is 17.2. The monoisotopic (exact) mass is 337 g/mol. The second-order valence-corrected chi connectivity index (χ2v) is 6.17. The van der Waals surface area contributed by atoms with Crippen LogP contribution in [0.2, 0.25) is 0 Å². The molecule has 6 heteroatoms. The fraction of sp³-hybridized carbons (Fsp3) is 0.316. The van der Waals surface area contributed by atoms with E-state index < -0.39 is 0 Å². The van der Waals surface area contributed by atoms with Crippen LogP contribution < -0.4 is 0 Å². The first kappa shape index (κ1) is 15.6. The average Bonchev–Trinajstić information content (AvgIpc) is 3.41. The lowest BCUT2D eigenvalue weighted by molar-refractivity contribution is 0.0672. The van der Waals surface area contributed by atoms with Crippen LogP contribution in [0.15, 0.2) is 51.5 Å². The van der Waals surface area contributed by atoms with Crippen molar-refractivity contribution < 1.29 is 13.8 Å². The third-order valence-electron chi connectivity index (χ3n) is 4.57. The molecule has 1 amide bonds. The molecule has 4 rings (SSSR count). The molecule has 0 unspecified atom stereocenters. The zero-order valence-corrected chi connectivity index (χ0v) is 14.0. The molecular weight excluding hydrogens is 318 g/mol. The molecule has 6 nitrogen and oxygen atoms in total. The Morgan fingerprint density at radius 1 is 1.20 bits per heavy atom. The number of carbonyl (C=O) groups excluding carboxylic acids is 1. The van der Waals surface area contributed by atoms with Gasteiger partial charge in [-0.2, -0.15) is 0 Å². The van der Waals surface area contributed by atoms with Crippen molar-refractivity contribution in [1.82, 2.24) is 15.2 Å². The van der Waals surface area contributed by atoms with Gasteiger partial charge in [-0.25, -0.2) is 0 Å². The van der Waals surface area contributed by atoms with Crippen LogP contribution in [-0.4, -0.2) is 27.7 Å². The van der Waals surface area contributed by atoms with Gasteiger partial charge in [0.2, 0.25) is 5.76 Å². The van der Waals surface area contributed by atoms with Crippen LogP contribution in [0.5, 0.6) is 0 Å². The lowest BCUT2D eigenvalue weighted by atomic mass is 10.1. The minimum Gasteiger partial charge on any atom is -0.359 e. The molecule has 3 heterocycles. The van der Waals surface area contributed by atoms with E-state index in [1.807, 2.05) is 43.3 Å². The molecule has 0 saturated carbocycles. The first-order valence-electron chi connectivity index (χ1n) is 8.55.